The van der Waals surface area contributed by atoms with Crippen molar-refractivity contribution in [3.8, 4) is 0 Å². The monoisotopic (exact) mass is 225 g/mol. The number of aliphatic hydroxyl groups is 1. The lowest BCUT2D eigenvalue weighted by atomic mass is 9.93. The van der Waals surface area contributed by atoms with Crippen LogP contribution in [-0.2, 0) is 17.4 Å². The van der Waals surface area contributed by atoms with Crippen LogP contribution < -0.4 is 5.32 Å². The van der Waals surface area contributed by atoms with Gasteiger partial charge in [0.2, 0.25) is 0 Å². The summed E-state index contributed by atoms with van der Waals surface area (Å²) in [5.74, 6) is 0. The number of morpholine rings is 1. The Bertz CT molecular complexity index is 343. The molecule has 1 aliphatic rings. The maximum absolute atomic E-state index is 10.5. The Morgan fingerprint density at radius 3 is 3.12 bits per heavy atom. The molecular weight excluding hydrogens is 206 g/mol. The van der Waals surface area contributed by atoms with E-state index in [-0.39, 0.29) is 6.04 Å². The summed E-state index contributed by atoms with van der Waals surface area (Å²) in [6.45, 7) is 4.09. The summed E-state index contributed by atoms with van der Waals surface area (Å²) in [6.07, 6.45) is 2.33. The molecule has 0 spiro atoms. The molecule has 2 unspecified atom stereocenters. The minimum absolute atomic E-state index is 0.207. The van der Waals surface area contributed by atoms with Gasteiger partial charge in [0.05, 0.1) is 18.9 Å². The fourth-order valence-corrected chi connectivity index (χ4v) is 2.24. The van der Waals surface area contributed by atoms with E-state index in [1.165, 1.54) is 0 Å². The third-order valence-corrected chi connectivity index (χ3v) is 3.02. The average molecular weight is 225 g/mol. The summed E-state index contributed by atoms with van der Waals surface area (Å²) in [5.41, 5.74) is -0.0382. The van der Waals surface area contributed by atoms with Crippen LogP contribution in [0, 0.1) is 0 Å². The largest absolute Gasteiger partial charge is 0.384 e. The summed E-state index contributed by atoms with van der Waals surface area (Å²) in [4.78, 5) is 0. The Balaban J connectivity index is 2.04. The summed E-state index contributed by atoms with van der Waals surface area (Å²) in [7, 11) is 1.84. The van der Waals surface area contributed by atoms with Crippen molar-refractivity contribution < 1.29 is 9.84 Å². The van der Waals surface area contributed by atoms with Gasteiger partial charge >= 0.3 is 0 Å². The van der Waals surface area contributed by atoms with Gasteiger partial charge in [-0.3, -0.25) is 4.68 Å². The van der Waals surface area contributed by atoms with Crippen LogP contribution in [0.15, 0.2) is 12.3 Å². The van der Waals surface area contributed by atoms with Crippen molar-refractivity contribution >= 4 is 0 Å². The fraction of sp³-hybridized carbons (Fsp3) is 0.727. The van der Waals surface area contributed by atoms with Crippen LogP contribution in [0.25, 0.3) is 0 Å². The minimum atomic E-state index is -0.871. The minimum Gasteiger partial charge on any atom is -0.384 e. The van der Waals surface area contributed by atoms with Crippen LogP contribution in [0.5, 0.6) is 0 Å². The Morgan fingerprint density at radius 1 is 1.75 bits per heavy atom. The number of aryl methyl sites for hydroxylation is 1. The third-order valence-electron chi connectivity index (χ3n) is 3.02. The van der Waals surface area contributed by atoms with Crippen LogP contribution in [0.1, 0.15) is 19.0 Å². The van der Waals surface area contributed by atoms with E-state index in [0.717, 1.165) is 18.8 Å². The van der Waals surface area contributed by atoms with Crippen LogP contribution in [-0.4, -0.2) is 40.7 Å². The van der Waals surface area contributed by atoms with Gasteiger partial charge in [0.25, 0.3) is 0 Å². The van der Waals surface area contributed by atoms with E-state index in [2.05, 4.69) is 10.4 Å². The van der Waals surface area contributed by atoms with Crippen molar-refractivity contribution in [2.24, 2.45) is 7.05 Å². The smallest absolute Gasteiger partial charge is 0.105 e. The predicted octanol–water partition coefficient (Wildman–Crippen LogP) is 0.00610. The number of hydrogen-bond acceptors (Lipinski definition) is 4. The Morgan fingerprint density at radius 2 is 2.56 bits per heavy atom. The van der Waals surface area contributed by atoms with E-state index in [0.29, 0.717) is 13.0 Å². The summed E-state index contributed by atoms with van der Waals surface area (Å²) in [5, 5.41) is 17.9. The van der Waals surface area contributed by atoms with Gasteiger partial charge in [-0.25, -0.2) is 0 Å². The second kappa shape index (κ2) is 4.53. The summed E-state index contributed by atoms with van der Waals surface area (Å²) in [6, 6.07) is 2.06. The molecule has 1 fully saturated rings. The highest BCUT2D eigenvalue weighted by Gasteiger charge is 2.30. The number of rotatable bonds is 3. The molecule has 5 heteroatoms. The number of ether oxygens (including phenoxy) is 1. The zero-order valence-corrected chi connectivity index (χ0v) is 9.81. The summed E-state index contributed by atoms with van der Waals surface area (Å²) < 4.78 is 7.09. The molecule has 0 aromatic carbocycles. The fourth-order valence-electron chi connectivity index (χ4n) is 2.24. The molecule has 2 heterocycles. The zero-order chi connectivity index (χ0) is 11.6. The van der Waals surface area contributed by atoms with Crippen molar-refractivity contribution in [3.05, 3.63) is 18.0 Å². The molecule has 90 valence electrons. The van der Waals surface area contributed by atoms with Crippen molar-refractivity contribution in [2.45, 2.75) is 25.0 Å². The average Bonchev–Trinajstić information content (AvgIpc) is 2.66. The Labute approximate surface area is 95.4 Å². The van der Waals surface area contributed by atoms with E-state index in [9.17, 15) is 5.11 Å². The van der Waals surface area contributed by atoms with E-state index in [1.54, 1.807) is 10.9 Å². The highest BCUT2D eigenvalue weighted by atomic mass is 16.5. The molecule has 1 saturated heterocycles. The predicted molar refractivity (Wildman–Crippen MR) is 60.0 cm³/mol. The molecule has 0 aliphatic carbocycles. The van der Waals surface area contributed by atoms with Crippen molar-refractivity contribution in [1.82, 2.24) is 15.1 Å². The SMILES string of the molecule is Cn1nccc1C(C)(O)CC1COCCN1. The van der Waals surface area contributed by atoms with Gasteiger partial charge in [-0.15, -0.1) is 0 Å². The standard InChI is InChI=1S/C11H19N3O2/c1-11(15,10-3-4-13-14(10)2)7-9-8-16-6-5-12-9/h3-4,9,12,15H,5-8H2,1-2H3. The highest BCUT2D eigenvalue weighted by Crippen LogP contribution is 2.25. The molecule has 1 aromatic rings. The van der Waals surface area contributed by atoms with Gasteiger partial charge in [-0.1, -0.05) is 0 Å². The van der Waals surface area contributed by atoms with E-state index in [1.807, 2.05) is 20.0 Å². The second-order valence-electron chi connectivity index (χ2n) is 4.54. The lowest BCUT2D eigenvalue weighted by molar-refractivity contribution is -0.00178. The van der Waals surface area contributed by atoms with E-state index < -0.39 is 5.60 Å². The Kier molecular flexibility index (Phi) is 3.28. The van der Waals surface area contributed by atoms with Crippen LogP contribution in [0.3, 0.4) is 0 Å². The first-order valence-corrected chi connectivity index (χ1v) is 5.61. The molecule has 16 heavy (non-hydrogen) atoms. The van der Waals surface area contributed by atoms with Gasteiger partial charge < -0.3 is 15.2 Å². The number of aromatic nitrogens is 2. The molecule has 2 atom stereocenters. The van der Waals surface area contributed by atoms with E-state index in [4.69, 9.17) is 4.74 Å². The first kappa shape index (κ1) is 11.6. The third kappa shape index (κ3) is 2.42. The van der Waals surface area contributed by atoms with Gasteiger partial charge in [-0.05, 0) is 19.4 Å². The molecule has 5 nitrogen and oxygen atoms in total. The van der Waals surface area contributed by atoms with Crippen molar-refractivity contribution in [3.63, 3.8) is 0 Å². The molecule has 2 rings (SSSR count). The lowest BCUT2D eigenvalue weighted by Crippen LogP contribution is -2.45. The molecule has 0 radical (unpaired) electrons. The highest BCUT2D eigenvalue weighted by molar-refractivity contribution is 5.11. The maximum Gasteiger partial charge on any atom is 0.105 e. The number of nitrogens with one attached hydrogen (secondary N) is 1. The van der Waals surface area contributed by atoms with Crippen molar-refractivity contribution in [2.75, 3.05) is 19.8 Å². The Hall–Kier alpha value is -0.910. The van der Waals surface area contributed by atoms with E-state index >= 15 is 0 Å². The molecule has 1 aromatic heterocycles. The molecule has 0 bridgehead atoms. The second-order valence-corrected chi connectivity index (χ2v) is 4.54. The quantitative estimate of drug-likeness (QED) is 0.760. The van der Waals surface area contributed by atoms with Crippen molar-refractivity contribution in [1.29, 1.82) is 0 Å². The molecular formula is C11H19N3O2. The van der Waals surface area contributed by atoms with Crippen LogP contribution in [0.4, 0.5) is 0 Å². The maximum atomic E-state index is 10.5. The number of hydrogen-bond donors (Lipinski definition) is 2. The topological polar surface area (TPSA) is 59.3 Å². The molecule has 2 N–H and O–H groups in total. The lowest BCUT2D eigenvalue weighted by Gasteiger charge is -2.31. The van der Waals surface area contributed by atoms with Crippen LogP contribution in [0.2, 0.25) is 0 Å². The van der Waals surface area contributed by atoms with Crippen LogP contribution >= 0.6 is 0 Å². The van der Waals surface area contributed by atoms with Gasteiger partial charge in [0, 0.05) is 25.8 Å². The first-order chi connectivity index (χ1) is 7.59. The zero-order valence-electron chi connectivity index (χ0n) is 9.81. The number of nitrogens with zero attached hydrogens (tertiary/aromatic N) is 2. The summed E-state index contributed by atoms with van der Waals surface area (Å²) >= 11 is 0. The van der Waals surface area contributed by atoms with Gasteiger partial charge in [-0.2, -0.15) is 5.10 Å². The molecule has 0 amide bonds. The molecule has 1 aliphatic heterocycles. The van der Waals surface area contributed by atoms with Gasteiger partial charge in [0.1, 0.15) is 5.60 Å². The molecule has 0 saturated carbocycles. The van der Waals surface area contributed by atoms with Gasteiger partial charge in [0.15, 0.2) is 0 Å². The normalized spacial score (nSPS) is 25.3. The first-order valence-electron chi connectivity index (χ1n) is 5.61.